The number of amides is 1. The molecule has 0 saturated carbocycles. The minimum absolute atomic E-state index is 0.132. The molecule has 0 aliphatic carbocycles. The van der Waals surface area contributed by atoms with Crippen LogP contribution >= 0.6 is 0 Å². The fourth-order valence-corrected chi connectivity index (χ4v) is 3.72. The van der Waals surface area contributed by atoms with Crippen molar-refractivity contribution in [3.05, 3.63) is 71.3 Å². The minimum Gasteiger partial charge on any atom is -0.508 e. The molecule has 0 saturated heterocycles. The third-order valence-electron chi connectivity index (χ3n) is 5.55. The molecule has 3 aromatic carbocycles. The van der Waals surface area contributed by atoms with Crippen LogP contribution in [0.1, 0.15) is 16.7 Å². The molecule has 31 heavy (non-hydrogen) atoms. The highest BCUT2D eigenvalue weighted by Gasteiger charge is 2.15. The van der Waals surface area contributed by atoms with Crippen LogP contribution in [0.2, 0.25) is 0 Å². The summed E-state index contributed by atoms with van der Waals surface area (Å²) in [5.41, 5.74) is 7.40. The van der Waals surface area contributed by atoms with E-state index in [0.717, 1.165) is 38.8 Å². The monoisotopic (exact) mass is 411 g/mol. The summed E-state index contributed by atoms with van der Waals surface area (Å²) < 4.78 is 0. The number of aromatic amines is 2. The van der Waals surface area contributed by atoms with Crippen LogP contribution in [0.3, 0.4) is 0 Å². The maximum absolute atomic E-state index is 12.4. The van der Waals surface area contributed by atoms with E-state index in [1.54, 1.807) is 12.1 Å². The molecule has 154 valence electrons. The maximum atomic E-state index is 12.4. The Morgan fingerprint density at radius 1 is 1.03 bits per heavy atom. The number of rotatable bonds is 4. The number of phenolic OH excluding ortho intramolecular Hbond substituents is 1. The lowest BCUT2D eigenvalue weighted by molar-refractivity contribution is -0.115. The number of carbonyl (C=O) groups is 1. The number of imidazole rings is 1. The molecule has 2 aromatic heterocycles. The molecule has 7 heteroatoms. The maximum Gasteiger partial charge on any atom is 0.228 e. The third kappa shape index (κ3) is 3.50. The molecular formula is C24H21N5O2. The van der Waals surface area contributed by atoms with Gasteiger partial charge >= 0.3 is 0 Å². The van der Waals surface area contributed by atoms with E-state index in [0.29, 0.717) is 11.5 Å². The zero-order valence-electron chi connectivity index (χ0n) is 17.2. The van der Waals surface area contributed by atoms with E-state index in [1.807, 2.05) is 24.3 Å². The number of aromatic hydroxyl groups is 1. The first kappa shape index (κ1) is 18.9. The van der Waals surface area contributed by atoms with Crippen molar-refractivity contribution in [2.45, 2.75) is 20.3 Å². The number of hydrogen-bond donors (Lipinski definition) is 4. The molecule has 5 aromatic rings. The molecule has 0 aliphatic heterocycles. The molecule has 0 unspecified atom stereocenters. The zero-order chi connectivity index (χ0) is 21.5. The highest BCUT2D eigenvalue weighted by Crippen LogP contribution is 2.28. The second-order valence-electron chi connectivity index (χ2n) is 7.71. The van der Waals surface area contributed by atoms with Crippen LogP contribution in [-0.4, -0.2) is 31.2 Å². The SMILES string of the molecule is Cc1ccc2[nH]c(-c3n[nH]c4cc(CC(=O)Nc5ccc(O)cc5)ccc34)nc2c1C. The molecular weight excluding hydrogens is 390 g/mol. The van der Waals surface area contributed by atoms with Gasteiger partial charge in [-0.05, 0) is 66.9 Å². The highest BCUT2D eigenvalue weighted by molar-refractivity contribution is 5.96. The number of aryl methyl sites for hydroxylation is 2. The number of nitrogens with one attached hydrogen (secondary N) is 3. The normalized spacial score (nSPS) is 11.3. The quantitative estimate of drug-likeness (QED) is 0.324. The second-order valence-corrected chi connectivity index (χ2v) is 7.71. The van der Waals surface area contributed by atoms with E-state index in [1.165, 1.54) is 17.7 Å². The molecule has 0 bridgehead atoms. The molecule has 0 fully saturated rings. The van der Waals surface area contributed by atoms with Gasteiger partial charge in [0.15, 0.2) is 5.82 Å². The van der Waals surface area contributed by atoms with E-state index in [9.17, 15) is 9.90 Å². The Bertz CT molecular complexity index is 1430. The molecule has 4 N–H and O–H groups in total. The second kappa shape index (κ2) is 7.28. The van der Waals surface area contributed by atoms with Crippen LogP contribution in [-0.2, 0) is 11.2 Å². The fraction of sp³-hybridized carbons (Fsp3) is 0.125. The number of nitrogens with zero attached hydrogens (tertiary/aromatic N) is 2. The molecule has 1 amide bonds. The summed E-state index contributed by atoms with van der Waals surface area (Å²) in [5.74, 6) is 0.744. The van der Waals surface area contributed by atoms with Crippen molar-refractivity contribution >= 4 is 33.5 Å². The first-order valence-electron chi connectivity index (χ1n) is 10.00. The van der Waals surface area contributed by atoms with Gasteiger partial charge in [-0.2, -0.15) is 5.10 Å². The topological polar surface area (TPSA) is 107 Å². The largest absolute Gasteiger partial charge is 0.508 e. The predicted octanol–water partition coefficient (Wildman–Crippen LogP) is 4.61. The lowest BCUT2D eigenvalue weighted by atomic mass is 10.1. The Balaban J connectivity index is 1.40. The molecule has 2 heterocycles. The van der Waals surface area contributed by atoms with Crippen LogP contribution in [0, 0.1) is 13.8 Å². The van der Waals surface area contributed by atoms with Crippen LogP contribution < -0.4 is 5.32 Å². The van der Waals surface area contributed by atoms with Crippen LogP contribution in [0.25, 0.3) is 33.5 Å². The summed E-state index contributed by atoms with van der Waals surface area (Å²) in [6.45, 7) is 4.15. The van der Waals surface area contributed by atoms with E-state index in [2.05, 4.69) is 40.4 Å². The van der Waals surface area contributed by atoms with Gasteiger partial charge in [-0.15, -0.1) is 0 Å². The number of phenols is 1. The van der Waals surface area contributed by atoms with Gasteiger partial charge in [0, 0.05) is 11.1 Å². The van der Waals surface area contributed by atoms with E-state index in [-0.39, 0.29) is 18.1 Å². The standard InChI is InChI=1S/C24H21N5O2/c1-13-3-10-19-22(14(13)2)27-24(26-19)23-18-9-4-15(11-20(18)28-29-23)12-21(31)25-16-5-7-17(30)8-6-16/h3-11,30H,12H2,1-2H3,(H,25,31)(H,26,27)(H,28,29). The number of carbonyl (C=O) groups excluding carboxylic acids is 1. The number of hydrogen-bond acceptors (Lipinski definition) is 4. The van der Waals surface area contributed by atoms with Gasteiger partial charge in [0.25, 0.3) is 0 Å². The average molecular weight is 411 g/mol. The minimum atomic E-state index is -0.132. The van der Waals surface area contributed by atoms with Gasteiger partial charge in [-0.1, -0.05) is 18.2 Å². The van der Waals surface area contributed by atoms with Gasteiger partial charge in [-0.3, -0.25) is 9.89 Å². The molecule has 5 rings (SSSR count). The smallest absolute Gasteiger partial charge is 0.228 e. The first-order valence-corrected chi connectivity index (χ1v) is 10.00. The number of anilines is 1. The fourth-order valence-electron chi connectivity index (χ4n) is 3.72. The van der Waals surface area contributed by atoms with Gasteiger partial charge in [0.05, 0.1) is 23.0 Å². The summed E-state index contributed by atoms with van der Waals surface area (Å²) in [5, 5.41) is 20.6. The van der Waals surface area contributed by atoms with E-state index < -0.39 is 0 Å². The van der Waals surface area contributed by atoms with Gasteiger partial charge in [0.2, 0.25) is 5.91 Å². The van der Waals surface area contributed by atoms with Crippen molar-refractivity contribution in [2.75, 3.05) is 5.32 Å². The molecule has 0 spiro atoms. The van der Waals surface area contributed by atoms with E-state index in [4.69, 9.17) is 4.98 Å². The van der Waals surface area contributed by atoms with Crippen molar-refractivity contribution in [3.63, 3.8) is 0 Å². The summed E-state index contributed by atoms with van der Waals surface area (Å²) in [6, 6.07) is 16.3. The number of aromatic nitrogens is 4. The number of benzene rings is 3. The predicted molar refractivity (Wildman–Crippen MR) is 121 cm³/mol. The molecule has 7 nitrogen and oxygen atoms in total. The Kier molecular flexibility index (Phi) is 4.43. The van der Waals surface area contributed by atoms with Gasteiger partial charge in [0.1, 0.15) is 11.4 Å². The van der Waals surface area contributed by atoms with E-state index >= 15 is 0 Å². The Labute approximate surface area is 178 Å². The van der Waals surface area contributed by atoms with Gasteiger partial charge in [-0.25, -0.2) is 4.98 Å². The summed E-state index contributed by atoms with van der Waals surface area (Å²) in [4.78, 5) is 20.5. The van der Waals surface area contributed by atoms with Crippen molar-refractivity contribution < 1.29 is 9.90 Å². The first-order chi connectivity index (χ1) is 15.0. The van der Waals surface area contributed by atoms with Crippen LogP contribution in [0.4, 0.5) is 5.69 Å². The van der Waals surface area contributed by atoms with Crippen molar-refractivity contribution in [3.8, 4) is 17.3 Å². The number of fused-ring (bicyclic) bond motifs is 2. The van der Waals surface area contributed by atoms with Crippen molar-refractivity contribution in [2.24, 2.45) is 0 Å². The lowest BCUT2D eigenvalue weighted by Gasteiger charge is -2.05. The molecule has 0 aliphatic rings. The summed E-state index contributed by atoms with van der Waals surface area (Å²) in [7, 11) is 0. The highest BCUT2D eigenvalue weighted by atomic mass is 16.3. The lowest BCUT2D eigenvalue weighted by Crippen LogP contribution is -2.14. The van der Waals surface area contributed by atoms with Crippen LogP contribution in [0.5, 0.6) is 5.75 Å². The zero-order valence-corrected chi connectivity index (χ0v) is 17.2. The van der Waals surface area contributed by atoms with Crippen molar-refractivity contribution in [1.82, 2.24) is 20.2 Å². The average Bonchev–Trinajstić information content (AvgIpc) is 3.36. The Morgan fingerprint density at radius 3 is 2.65 bits per heavy atom. The Hall–Kier alpha value is -4.13. The van der Waals surface area contributed by atoms with Crippen LogP contribution in [0.15, 0.2) is 54.6 Å². The summed E-state index contributed by atoms with van der Waals surface area (Å²) >= 11 is 0. The third-order valence-corrected chi connectivity index (χ3v) is 5.55. The van der Waals surface area contributed by atoms with Crippen molar-refractivity contribution in [1.29, 1.82) is 0 Å². The van der Waals surface area contributed by atoms with Gasteiger partial charge < -0.3 is 15.4 Å². The number of H-pyrrole nitrogens is 2. The summed E-state index contributed by atoms with van der Waals surface area (Å²) in [6.07, 6.45) is 0.230. The molecule has 0 atom stereocenters. The Morgan fingerprint density at radius 2 is 1.84 bits per heavy atom. The molecule has 0 radical (unpaired) electrons.